The normalized spacial score (nSPS) is 18.5. The number of nitrogens with zero attached hydrogens (tertiary/aromatic N) is 3. The summed E-state index contributed by atoms with van der Waals surface area (Å²) in [6.45, 7) is 1.82. The average molecular weight is 395 g/mol. The Bertz CT molecular complexity index is 949. The van der Waals surface area contributed by atoms with Crippen LogP contribution in [0.15, 0.2) is 30.5 Å². The molecule has 3 rings (SSSR count). The minimum absolute atomic E-state index is 0.0744. The minimum Gasteiger partial charge on any atom is -0.340 e. The molecule has 1 saturated heterocycles. The minimum atomic E-state index is -3.01. The van der Waals surface area contributed by atoms with E-state index in [0.29, 0.717) is 23.1 Å². The Balaban J connectivity index is 1.78. The number of hydrogen-bond acceptors (Lipinski definition) is 6. The quantitative estimate of drug-likeness (QED) is 0.855. The lowest BCUT2D eigenvalue weighted by molar-refractivity contribution is 0.102. The molecule has 2 heterocycles. The Morgan fingerprint density at radius 1 is 1.35 bits per heavy atom. The van der Waals surface area contributed by atoms with E-state index in [1.807, 2.05) is 6.92 Å². The summed E-state index contributed by atoms with van der Waals surface area (Å²) in [6, 6.07) is 6.59. The molecule has 1 aromatic heterocycles. The molecule has 1 N–H and O–H groups in total. The summed E-state index contributed by atoms with van der Waals surface area (Å²) in [5.41, 5.74) is 1.57. The Morgan fingerprint density at radius 3 is 2.81 bits per heavy atom. The number of nitrogens with one attached hydrogen (secondary N) is 1. The van der Waals surface area contributed by atoms with Gasteiger partial charge in [-0.2, -0.15) is 0 Å². The highest BCUT2D eigenvalue weighted by molar-refractivity contribution is 7.91. The van der Waals surface area contributed by atoms with Crippen molar-refractivity contribution < 1.29 is 13.2 Å². The number of anilines is 2. The average Bonchev–Trinajstić information content (AvgIpc) is 2.98. The van der Waals surface area contributed by atoms with Crippen LogP contribution in [0.2, 0.25) is 5.02 Å². The first-order valence-electron chi connectivity index (χ1n) is 8.09. The lowest BCUT2D eigenvalue weighted by Crippen LogP contribution is -2.34. The fourth-order valence-corrected chi connectivity index (χ4v) is 4.77. The number of halogens is 1. The Morgan fingerprint density at radius 2 is 2.12 bits per heavy atom. The first-order valence-corrected chi connectivity index (χ1v) is 10.3. The molecule has 1 aliphatic heterocycles. The van der Waals surface area contributed by atoms with E-state index in [-0.39, 0.29) is 29.1 Å². The van der Waals surface area contributed by atoms with Gasteiger partial charge in [0.2, 0.25) is 5.95 Å². The maximum absolute atomic E-state index is 12.5. The molecule has 2 aromatic rings. The van der Waals surface area contributed by atoms with Crippen LogP contribution in [-0.4, -0.2) is 48.9 Å². The molecule has 1 aliphatic rings. The monoisotopic (exact) mass is 394 g/mol. The van der Waals surface area contributed by atoms with Crippen LogP contribution < -0.4 is 10.2 Å². The zero-order chi connectivity index (χ0) is 18.9. The standard InChI is InChI=1S/C17H19ClN4O3S/c1-11-13(18)4-3-5-14(11)20-16(23)15-6-8-19-17(21-15)22(2)12-7-9-26(24,25)10-12/h3-6,8,12H,7,9-10H2,1-2H3,(H,20,23). The molecule has 1 unspecified atom stereocenters. The summed E-state index contributed by atoms with van der Waals surface area (Å²) in [6.07, 6.45) is 2.02. The molecule has 138 valence electrons. The molecule has 1 amide bonds. The summed E-state index contributed by atoms with van der Waals surface area (Å²) in [5, 5.41) is 3.35. The van der Waals surface area contributed by atoms with E-state index < -0.39 is 9.84 Å². The molecule has 1 fully saturated rings. The van der Waals surface area contributed by atoms with Gasteiger partial charge in [-0.15, -0.1) is 0 Å². The van der Waals surface area contributed by atoms with Crippen molar-refractivity contribution in [3.05, 3.63) is 46.7 Å². The molecule has 0 bridgehead atoms. The number of sulfone groups is 1. The van der Waals surface area contributed by atoms with E-state index in [9.17, 15) is 13.2 Å². The molecular weight excluding hydrogens is 376 g/mol. The van der Waals surface area contributed by atoms with Crippen molar-refractivity contribution in [3.63, 3.8) is 0 Å². The van der Waals surface area contributed by atoms with Gasteiger partial charge in [0.1, 0.15) is 5.69 Å². The number of hydrogen-bond donors (Lipinski definition) is 1. The molecule has 0 aliphatic carbocycles. The van der Waals surface area contributed by atoms with E-state index in [4.69, 9.17) is 11.6 Å². The van der Waals surface area contributed by atoms with E-state index >= 15 is 0 Å². The molecule has 0 saturated carbocycles. The summed E-state index contributed by atoms with van der Waals surface area (Å²) < 4.78 is 23.3. The van der Waals surface area contributed by atoms with Gasteiger partial charge in [-0.3, -0.25) is 4.79 Å². The van der Waals surface area contributed by atoms with Gasteiger partial charge < -0.3 is 10.2 Å². The van der Waals surface area contributed by atoms with Crippen molar-refractivity contribution in [2.75, 3.05) is 28.8 Å². The lowest BCUT2D eigenvalue weighted by Gasteiger charge is -2.23. The van der Waals surface area contributed by atoms with E-state index in [1.165, 1.54) is 12.3 Å². The fourth-order valence-electron chi connectivity index (χ4n) is 2.82. The van der Waals surface area contributed by atoms with E-state index in [0.717, 1.165) is 5.56 Å². The predicted octanol–water partition coefficient (Wildman–Crippen LogP) is 2.31. The third kappa shape index (κ3) is 3.96. The third-order valence-corrected chi connectivity index (χ3v) is 6.62. The van der Waals surface area contributed by atoms with Crippen molar-refractivity contribution in [2.45, 2.75) is 19.4 Å². The highest BCUT2D eigenvalue weighted by atomic mass is 35.5. The number of rotatable bonds is 4. The van der Waals surface area contributed by atoms with Gasteiger partial charge in [0, 0.05) is 30.0 Å². The van der Waals surface area contributed by atoms with Gasteiger partial charge in [0.15, 0.2) is 9.84 Å². The van der Waals surface area contributed by atoms with Crippen LogP contribution >= 0.6 is 11.6 Å². The molecule has 9 heteroatoms. The van der Waals surface area contributed by atoms with Gasteiger partial charge in [-0.25, -0.2) is 18.4 Å². The SMILES string of the molecule is Cc1c(Cl)cccc1NC(=O)c1ccnc(N(C)C2CCS(=O)(=O)C2)n1. The maximum Gasteiger partial charge on any atom is 0.274 e. The van der Waals surface area contributed by atoms with Gasteiger partial charge >= 0.3 is 0 Å². The number of aromatic nitrogens is 2. The highest BCUT2D eigenvalue weighted by Crippen LogP contribution is 2.24. The smallest absolute Gasteiger partial charge is 0.274 e. The van der Waals surface area contributed by atoms with Gasteiger partial charge in [0.05, 0.1) is 11.5 Å². The summed E-state index contributed by atoms with van der Waals surface area (Å²) >= 11 is 6.07. The van der Waals surface area contributed by atoms with Gasteiger partial charge in [0.25, 0.3) is 5.91 Å². The molecule has 0 radical (unpaired) electrons. The molecule has 1 atom stereocenters. The second-order valence-electron chi connectivity index (χ2n) is 6.28. The van der Waals surface area contributed by atoms with Crippen molar-refractivity contribution in [3.8, 4) is 0 Å². The zero-order valence-corrected chi connectivity index (χ0v) is 16.0. The highest BCUT2D eigenvalue weighted by Gasteiger charge is 2.32. The molecule has 7 nitrogen and oxygen atoms in total. The second kappa shape index (κ2) is 7.20. The maximum atomic E-state index is 12.5. The molecule has 0 spiro atoms. The van der Waals surface area contributed by atoms with E-state index in [2.05, 4.69) is 15.3 Å². The van der Waals surface area contributed by atoms with Gasteiger partial charge in [-0.05, 0) is 37.1 Å². The first-order chi connectivity index (χ1) is 12.3. The lowest BCUT2D eigenvalue weighted by atomic mass is 10.2. The Hall–Kier alpha value is -2.19. The number of carbonyl (C=O) groups is 1. The zero-order valence-electron chi connectivity index (χ0n) is 14.4. The van der Waals surface area contributed by atoms with Crippen LogP contribution in [0.1, 0.15) is 22.5 Å². The first kappa shape index (κ1) is 18.6. The van der Waals surface area contributed by atoms with Crippen LogP contribution in [0.3, 0.4) is 0 Å². The van der Waals surface area contributed by atoms with Gasteiger partial charge in [-0.1, -0.05) is 17.7 Å². The van der Waals surface area contributed by atoms with Crippen molar-refractivity contribution >= 4 is 39.0 Å². The van der Waals surface area contributed by atoms with Crippen LogP contribution in [0.4, 0.5) is 11.6 Å². The third-order valence-electron chi connectivity index (χ3n) is 4.46. The molecule has 26 heavy (non-hydrogen) atoms. The van der Waals surface area contributed by atoms with Crippen molar-refractivity contribution in [1.82, 2.24) is 9.97 Å². The summed E-state index contributed by atoms with van der Waals surface area (Å²) in [5.74, 6) is 0.176. The number of benzene rings is 1. The Labute approximate surface area is 157 Å². The predicted molar refractivity (Wildman–Crippen MR) is 102 cm³/mol. The van der Waals surface area contributed by atoms with Crippen LogP contribution in [-0.2, 0) is 9.84 Å². The summed E-state index contributed by atoms with van der Waals surface area (Å²) in [7, 11) is -1.27. The van der Waals surface area contributed by atoms with Crippen LogP contribution in [0.5, 0.6) is 0 Å². The van der Waals surface area contributed by atoms with Crippen molar-refractivity contribution in [1.29, 1.82) is 0 Å². The fraction of sp³-hybridized carbons (Fsp3) is 0.353. The number of amides is 1. The largest absolute Gasteiger partial charge is 0.340 e. The van der Waals surface area contributed by atoms with Crippen LogP contribution in [0.25, 0.3) is 0 Å². The Kier molecular flexibility index (Phi) is 5.15. The topological polar surface area (TPSA) is 92.3 Å². The van der Waals surface area contributed by atoms with Crippen molar-refractivity contribution in [2.24, 2.45) is 0 Å². The second-order valence-corrected chi connectivity index (χ2v) is 8.91. The molecule has 1 aromatic carbocycles. The van der Waals surface area contributed by atoms with Crippen LogP contribution in [0, 0.1) is 6.92 Å². The van der Waals surface area contributed by atoms with E-state index in [1.54, 1.807) is 30.1 Å². The summed E-state index contributed by atoms with van der Waals surface area (Å²) in [4.78, 5) is 22.7. The molecular formula is C17H19ClN4O3S. The number of carbonyl (C=O) groups excluding carboxylic acids is 1.